The largest absolute Gasteiger partial charge is 0.379 e. The van der Waals surface area contributed by atoms with E-state index >= 15 is 0 Å². The fourth-order valence-corrected chi connectivity index (χ4v) is 6.50. The van der Waals surface area contributed by atoms with Gasteiger partial charge in [0.2, 0.25) is 11.9 Å². The Balaban J connectivity index is 1.02. The van der Waals surface area contributed by atoms with Crippen LogP contribution in [0, 0.1) is 0 Å². The maximum Gasteiger partial charge on any atom is 0.323 e. The lowest BCUT2D eigenvalue weighted by Gasteiger charge is -2.36. The fraction of sp³-hybridized carbons (Fsp3) is 0.485. The predicted octanol–water partition coefficient (Wildman–Crippen LogP) is 3.29. The first-order chi connectivity index (χ1) is 22.5. The molecule has 0 spiro atoms. The number of urea groups is 1. The average Bonchev–Trinajstić information content (AvgIpc) is 3.33. The Kier molecular flexibility index (Phi) is 9.06. The second kappa shape index (κ2) is 13.7. The van der Waals surface area contributed by atoms with Crippen molar-refractivity contribution in [3.63, 3.8) is 0 Å². The molecule has 5 heterocycles. The first-order valence-electron chi connectivity index (χ1n) is 16.1. The minimum atomic E-state index is -0.381. The van der Waals surface area contributed by atoms with Crippen LogP contribution in [0.15, 0.2) is 48.5 Å². The van der Waals surface area contributed by atoms with E-state index < -0.39 is 0 Å². The Morgan fingerprint density at radius 3 is 2.07 bits per heavy atom. The van der Waals surface area contributed by atoms with Crippen LogP contribution in [-0.2, 0) is 14.2 Å². The van der Waals surface area contributed by atoms with Crippen LogP contribution in [0.5, 0.6) is 0 Å². The lowest BCUT2D eigenvalue weighted by Crippen LogP contribution is -2.48. The number of anilines is 4. The molecule has 3 atom stereocenters. The Morgan fingerprint density at radius 2 is 1.39 bits per heavy atom. The van der Waals surface area contributed by atoms with E-state index in [2.05, 4.69) is 32.3 Å². The Bertz CT molecular complexity index is 1520. The molecule has 7 rings (SSSR count). The fourth-order valence-electron chi connectivity index (χ4n) is 6.50. The number of nitrogens with zero attached hydrogens (tertiary/aromatic N) is 6. The second-order valence-electron chi connectivity index (χ2n) is 12.3. The molecule has 0 saturated carbocycles. The van der Waals surface area contributed by atoms with Crippen LogP contribution in [0.3, 0.4) is 0 Å². The zero-order chi connectivity index (χ0) is 31.5. The summed E-state index contributed by atoms with van der Waals surface area (Å²) in [5.41, 5.74) is 2.66. The van der Waals surface area contributed by atoms with Crippen molar-refractivity contribution >= 4 is 35.1 Å². The molecule has 13 nitrogen and oxygen atoms in total. The zero-order valence-electron chi connectivity index (χ0n) is 26.1. The maximum absolute atomic E-state index is 12.8. The van der Waals surface area contributed by atoms with Gasteiger partial charge in [-0.3, -0.25) is 9.69 Å². The Labute approximate surface area is 268 Å². The molecule has 13 heteroatoms. The number of ketones is 1. The molecule has 1 aromatic heterocycles. The smallest absolute Gasteiger partial charge is 0.323 e. The quantitative estimate of drug-likeness (QED) is 0.356. The molecule has 4 fully saturated rings. The number of carbonyl (C=O) groups is 2. The number of nitrogens with one attached hydrogen (secondary N) is 2. The van der Waals surface area contributed by atoms with Gasteiger partial charge >= 0.3 is 6.03 Å². The van der Waals surface area contributed by atoms with Crippen LogP contribution in [0.1, 0.15) is 30.1 Å². The zero-order valence-corrected chi connectivity index (χ0v) is 26.1. The SMILES string of the molecule is CC1COCCN1c1nc(-c2ccc(NC(=O)Nc3ccc(C(=O)CN4CCOCC4)cc3)cc2)nc(N2C3CCC2COC3)n1. The summed E-state index contributed by atoms with van der Waals surface area (Å²) in [6.07, 6.45) is 2.13. The highest BCUT2D eigenvalue weighted by molar-refractivity contribution is 6.01. The molecule has 0 aliphatic carbocycles. The van der Waals surface area contributed by atoms with Crippen LogP contribution < -0.4 is 20.4 Å². The highest BCUT2D eigenvalue weighted by Crippen LogP contribution is 2.34. The van der Waals surface area contributed by atoms with Crippen LogP contribution in [0.4, 0.5) is 28.1 Å². The van der Waals surface area contributed by atoms with Crippen LogP contribution >= 0.6 is 0 Å². The maximum atomic E-state index is 12.8. The molecular formula is C33H40N8O5. The summed E-state index contributed by atoms with van der Waals surface area (Å²) in [6, 6.07) is 14.7. The van der Waals surface area contributed by atoms with Crippen molar-refractivity contribution in [3.8, 4) is 11.4 Å². The molecule has 2 amide bonds. The predicted molar refractivity (Wildman–Crippen MR) is 174 cm³/mol. The van der Waals surface area contributed by atoms with Crippen molar-refractivity contribution in [1.82, 2.24) is 19.9 Å². The third kappa shape index (κ3) is 6.82. The number of morpholine rings is 3. The second-order valence-corrected chi connectivity index (χ2v) is 12.3. The third-order valence-electron chi connectivity index (χ3n) is 9.04. The molecule has 46 heavy (non-hydrogen) atoms. The van der Waals surface area contributed by atoms with E-state index in [-0.39, 0.29) is 29.9 Å². The van der Waals surface area contributed by atoms with Crippen LogP contribution in [0.2, 0.25) is 0 Å². The summed E-state index contributed by atoms with van der Waals surface area (Å²) in [7, 11) is 0. The van der Waals surface area contributed by atoms with E-state index in [1.165, 1.54) is 0 Å². The molecule has 4 aliphatic heterocycles. The summed E-state index contributed by atoms with van der Waals surface area (Å²) < 4.78 is 16.8. The van der Waals surface area contributed by atoms with Gasteiger partial charge in [-0.2, -0.15) is 15.0 Å². The molecule has 3 aromatic rings. The van der Waals surface area contributed by atoms with Gasteiger partial charge in [0.25, 0.3) is 0 Å². The van der Waals surface area contributed by atoms with Crippen molar-refractivity contribution in [2.45, 2.75) is 37.9 Å². The molecule has 2 N–H and O–H groups in total. The Morgan fingerprint density at radius 1 is 0.761 bits per heavy atom. The Hall–Kier alpha value is -4.17. The molecule has 4 saturated heterocycles. The summed E-state index contributed by atoms with van der Waals surface area (Å²) in [5.74, 6) is 1.97. The summed E-state index contributed by atoms with van der Waals surface area (Å²) in [4.78, 5) is 46.8. The molecule has 0 radical (unpaired) electrons. The molecule has 3 unspecified atom stereocenters. The molecule has 242 valence electrons. The van der Waals surface area contributed by atoms with E-state index in [4.69, 9.17) is 29.2 Å². The highest BCUT2D eigenvalue weighted by Gasteiger charge is 2.39. The number of carbonyl (C=O) groups excluding carboxylic acids is 2. The van der Waals surface area contributed by atoms with Gasteiger partial charge in [-0.15, -0.1) is 0 Å². The van der Waals surface area contributed by atoms with Gasteiger partial charge in [-0.05, 0) is 68.3 Å². The average molecular weight is 629 g/mol. The van der Waals surface area contributed by atoms with Gasteiger partial charge in [0.15, 0.2) is 11.6 Å². The normalized spacial score (nSPS) is 23.3. The first kappa shape index (κ1) is 30.5. The third-order valence-corrected chi connectivity index (χ3v) is 9.04. The van der Waals surface area contributed by atoms with Crippen molar-refractivity contribution in [3.05, 3.63) is 54.1 Å². The lowest BCUT2D eigenvalue weighted by atomic mass is 10.1. The van der Waals surface area contributed by atoms with E-state index in [1.807, 2.05) is 24.3 Å². The number of aromatic nitrogens is 3. The number of Topliss-reactive ketones (excluding diaryl/α,β-unsaturated/α-hetero) is 1. The van der Waals surface area contributed by atoms with E-state index in [1.54, 1.807) is 24.3 Å². The molecule has 4 aliphatic rings. The van der Waals surface area contributed by atoms with Gasteiger partial charge in [0.1, 0.15) is 0 Å². The number of fused-ring (bicyclic) bond motifs is 2. The number of amides is 2. The summed E-state index contributed by atoms with van der Waals surface area (Å²) >= 11 is 0. The van der Waals surface area contributed by atoms with Crippen LogP contribution in [0.25, 0.3) is 11.4 Å². The van der Waals surface area contributed by atoms with Gasteiger partial charge in [0.05, 0.1) is 64.3 Å². The summed E-state index contributed by atoms with van der Waals surface area (Å²) in [6.45, 7) is 8.62. The summed E-state index contributed by atoms with van der Waals surface area (Å²) in [5, 5.41) is 5.72. The van der Waals surface area contributed by atoms with E-state index in [0.717, 1.165) is 31.5 Å². The van der Waals surface area contributed by atoms with Crippen LogP contribution in [-0.4, -0.2) is 116 Å². The number of ether oxygens (including phenoxy) is 3. The van der Waals surface area contributed by atoms with Gasteiger partial charge < -0.3 is 34.6 Å². The minimum Gasteiger partial charge on any atom is -0.379 e. The van der Waals surface area contributed by atoms with Gasteiger partial charge in [-0.1, -0.05) is 0 Å². The van der Waals surface area contributed by atoms with E-state index in [9.17, 15) is 9.59 Å². The van der Waals surface area contributed by atoms with Gasteiger partial charge in [-0.25, -0.2) is 4.79 Å². The van der Waals surface area contributed by atoms with Crippen molar-refractivity contribution in [1.29, 1.82) is 0 Å². The standard InChI is InChI=1S/C33H40N8O5/c1-22-19-45-17-14-40(22)31-36-30(37-32(38-31)41-27-10-11-28(41)21-46-20-27)24-4-8-26(9-5-24)35-33(43)34-25-6-2-23(3-7-25)29(42)18-39-12-15-44-16-13-39/h2-9,22,27-28H,10-21H2,1H3,(H2,34,35,43). The molecule has 2 bridgehead atoms. The highest BCUT2D eigenvalue weighted by atomic mass is 16.5. The monoisotopic (exact) mass is 628 g/mol. The number of hydrogen-bond donors (Lipinski definition) is 2. The van der Waals surface area contributed by atoms with Gasteiger partial charge in [0, 0.05) is 42.1 Å². The van der Waals surface area contributed by atoms with Crippen molar-refractivity contribution in [2.75, 3.05) is 86.3 Å². The number of rotatable bonds is 8. The lowest BCUT2D eigenvalue weighted by molar-refractivity contribution is 0.0371. The molecular weight excluding hydrogens is 588 g/mol. The number of hydrogen-bond acceptors (Lipinski definition) is 11. The van der Waals surface area contributed by atoms with Crippen molar-refractivity contribution in [2.24, 2.45) is 0 Å². The topological polar surface area (TPSA) is 134 Å². The minimum absolute atomic E-state index is 0.0483. The van der Waals surface area contributed by atoms with E-state index in [0.29, 0.717) is 87.4 Å². The number of benzene rings is 2. The first-order valence-corrected chi connectivity index (χ1v) is 16.1. The van der Waals surface area contributed by atoms with Crippen molar-refractivity contribution < 1.29 is 23.8 Å². The molecule has 2 aromatic carbocycles.